The summed E-state index contributed by atoms with van der Waals surface area (Å²) in [6, 6.07) is 5.53. The Morgan fingerprint density at radius 2 is 2.28 bits per heavy atom. The number of allylic oxidation sites excluding steroid dienone is 1. The number of ether oxygens (including phenoxy) is 1. The molecule has 0 aliphatic heterocycles. The van der Waals surface area contributed by atoms with Gasteiger partial charge in [-0.1, -0.05) is 0 Å². The Kier molecular flexibility index (Phi) is 3.01. The number of rotatable bonds is 3. The maximum absolute atomic E-state index is 10.6. The number of aromatic nitrogens is 2. The van der Waals surface area contributed by atoms with Gasteiger partial charge >= 0.3 is 0 Å². The van der Waals surface area contributed by atoms with Gasteiger partial charge in [-0.2, -0.15) is 5.10 Å². The first-order valence-corrected chi connectivity index (χ1v) is 5.36. The highest BCUT2D eigenvalue weighted by Crippen LogP contribution is 2.24. The molecule has 0 fully saturated rings. The first kappa shape index (κ1) is 12.1. The predicted octanol–water partition coefficient (Wildman–Crippen LogP) is 2.22. The first-order valence-electron chi connectivity index (χ1n) is 5.36. The van der Waals surface area contributed by atoms with Crippen LogP contribution in [-0.2, 0) is 7.05 Å². The Labute approximate surface area is 104 Å². The molecule has 94 valence electrons. The average Bonchev–Trinajstić information content (AvgIpc) is 2.65. The molecule has 0 saturated heterocycles. The van der Waals surface area contributed by atoms with Gasteiger partial charge in [0.25, 0.3) is 0 Å². The van der Waals surface area contributed by atoms with E-state index in [1.54, 1.807) is 18.8 Å². The van der Waals surface area contributed by atoms with Crippen molar-refractivity contribution in [1.29, 1.82) is 0 Å². The predicted molar refractivity (Wildman–Crippen MR) is 67.9 cm³/mol. The second kappa shape index (κ2) is 4.48. The lowest BCUT2D eigenvalue weighted by atomic mass is 10.2. The van der Waals surface area contributed by atoms with E-state index in [0.29, 0.717) is 11.4 Å². The van der Waals surface area contributed by atoms with E-state index in [-0.39, 0.29) is 5.70 Å². The van der Waals surface area contributed by atoms with Crippen molar-refractivity contribution in [3.63, 3.8) is 0 Å². The SMILES string of the molecule is COc1ccc2c(c1)c(/C=C(\C)[N+](=O)[O-])nn2C. The summed E-state index contributed by atoms with van der Waals surface area (Å²) in [5.74, 6) is 0.698. The van der Waals surface area contributed by atoms with Crippen LogP contribution in [0.25, 0.3) is 17.0 Å². The third-order valence-corrected chi connectivity index (χ3v) is 2.72. The average molecular weight is 247 g/mol. The molecule has 0 bridgehead atoms. The minimum absolute atomic E-state index is 0.0535. The van der Waals surface area contributed by atoms with E-state index >= 15 is 0 Å². The van der Waals surface area contributed by atoms with Crippen LogP contribution < -0.4 is 4.74 Å². The van der Waals surface area contributed by atoms with Crippen LogP contribution in [0, 0.1) is 10.1 Å². The lowest BCUT2D eigenvalue weighted by molar-refractivity contribution is -0.422. The molecule has 1 heterocycles. The van der Waals surface area contributed by atoms with Crippen molar-refractivity contribution in [1.82, 2.24) is 9.78 Å². The molecule has 0 unspecified atom stereocenters. The second-order valence-electron chi connectivity index (χ2n) is 3.93. The zero-order valence-corrected chi connectivity index (χ0v) is 10.4. The zero-order chi connectivity index (χ0) is 13.3. The molecule has 0 saturated carbocycles. The molecule has 0 radical (unpaired) electrons. The Bertz CT molecular complexity index is 643. The Hall–Kier alpha value is -2.37. The van der Waals surface area contributed by atoms with Crippen molar-refractivity contribution in [3.05, 3.63) is 39.7 Å². The fourth-order valence-electron chi connectivity index (χ4n) is 1.76. The van der Waals surface area contributed by atoms with Crippen molar-refractivity contribution < 1.29 is 9.66 Å². The summed E-state index contributed by atoms with van der Waals surface area (Å²) < 4.78 is 6.84. The Morgan fingerprint density at radius 3 is 2.89 bits per heavy atom. The molecule has 0 aliphatic carbocycles. The third-order valence-electron chi connectivity index (χ3n) is 2.72. The van der Waals surface area contributed by atoms with Gasteiger partial charge in [0.2, 0.25) is 5.70 Å². The van der Waals surface area contributed by atoms with Crippen LogP contribution in [0.4, 0.5) is 0 Å². The lowest BCUT2D eigenvalue weighted by Crippen LogP contribution is -1.94. The summed E-state index contributed by atoms with van der Waals surface area (Å²) in [7, 11) is 3.38. The van der Waals surface area contributed by atoms with E-state index in [1.807, 2.05) is 18.2 Å². The number of fused-ring (bicyclic) bond motifs is 1. The summed E-state index contributed by atoms with van der Waals surface area (Å²) in [6.45, 7) is 1.45. The molecule has 0 aliphatic rings. The topological polar surface area (TPSA) is 70.2 Å². The maximum atomic E-state index is 10.6. The molecule has 1 aromatic carbocycles. The molecule has 18 heavy (non-hydrogen) atoms. The molecule has 0 spiro atoms. The standard InChI is InChI=1S/C12H13N3O3/c1-8(15(16)17)6-11-10-7-9(18-3)4-5-12(10)14(2)13-11/h4-7H,1-3H3/b8-6+. The van der Waals surface area contributed by atoms with E-state index in [9.17, 15) is 10.1 Å². The monoisotopic (exact) mass is 247 g/mol. The van der Waals surface area contributed by atoms with Gasteiger partial charge in [0.05, 0.1) is 23.2 Å². The molecule has 2 rings (SSSR count). The van der Waals surface area contributed by atoms with E-state index in [2.05, 4.69) is 5.10 Å². The van der Waals surface area contributed by atoms with Gasteiger partial charge < -0.3 is 4.74 Å². The van der Waals surface area contributed by atoms with Crippen LogP contribution in [0.3, 0.4) is 0 Å². The van der Waals surface area contributed by atoms with E-state index in [0.717, 1.165) is 10.9 Å². The molecule has 0 atom stereocenters. The largest absolute Gasteiger partial charge is 0.497 e. The Balaban J connectivity index is 2.64. The first-order chi connectivity index (χ1) is 8.52. The fraction of sp³-hybridized carbons (Fsp3) is 0.250. The normalized spacial score (nSPS) is 11.8. The molecule has 6 heteroatoms. The quantitative estimate of drug-likeness (QED) is 0.616. The number of hydrogen-bond donors (Lipinski definition) is 0. The van der Waals surface area contributed by atoms with Crippen molar-refractivity contribution in [2.45, 2.75) is 6.92 Å². The number of methoxy groups -OCH3 is 1. The molecule has 2 aromatic rings. The van der Waals surface area contributed by atoms with Crippen LogP contribution in [0.2, 0.25) is 0 Å². The highest BCUT2D eigenvalue weighted by atomic mass is 16.6. The van der Waals surface area contributed by atoms with E-state index < -0.39 is 4.92 Å². The number of aryl methyl sites for hydroxylation is 1. The van der Waals surface area contributed by atoms with E-state index in [1.165, 1.54) is 13.0 Å². The molecule has 0 amide bonds. The number of hydrogen-bond acceptors (Lipinski definition) is 4. The van der Waals surface area contributed by atoms with Crippen LogP contribution >= 0.6 is 0 Å². The minimum Gasteiger partial charge on any atom is -0.497 e. The Morgan fingerprint density at radius 1 is 1.56 bits per heavy atom. The fourth-order valence-corrected chi connectivity index (χ4v) is 1.76. The summed E-state index contributed by atoms with van der Waals surface area (Å²) in [6.07, 6.45) is 1.46. The van der Waals surface area contributed by atoms with Crippen molar-refractivity contribution in [3.8, 4) is 5.75 Å². The van der Waals surface area contributed by atoms with Gasteiger partial charge in [-0.25, -0.2) is 0 Å². The highest BCUT2D eigenvalue weighted by molar-refractivity contribution is 5.88. The molecule has 6 nitrogen and oxygen atoms in total. The smallest absolute Gasteiger partial charge is 0.245 e. The van der Waals surface area contributed by atoms with Gasteiger partial charge in [0.1, 0.15) is 5.75 Å². The lowest BCUT2D eigenvalue weighted by Gasteiger charge is -1.99. The van der Waals surface area contributed by atoms with Crippen LogP contribution in [-0.4, -0.2) is 21.8 Å². The third kappa shape index (κ3) is 2.04. The zero-order valence-electron chi connectivity index (χ0n) is 10.4. The van der Waals surface area contributed by atoms with Gasteiger partial charge in [0.15, 0.2) is 0 Å². The number of nitro groups is 1. The van der Waals surface area contributed by atoms with Gasteiger partial charge in [0, 0.05) is 25.4 Å². The molecular weight excluding hydrogens is 234 g/mol. The summed E-state index contributed by atoms with van der Waals surface area (Å²) in [5, 5.41) is 15.7. The number of benzene rings is 1. The summed E-state index contributed by atoms with van der Waals surface area (Å²) in [5.41, 5.74) is 1.52. The summed E-state index contributed by atoms with van der Waals surface area (Å²) >= 11 is 0. The maximum Gasteiger partial charge on any atom is 0.245 e. The van der Waals surface area contributed by atoms with Gasteiger partial charge in [-0.3, -0.25) is 14.8 Å². The molecular formula is C12H13N3O3. The van der Waals surface area contributed by atoms with Crippen LogP contribution in [0.1, 0.15) is 12.6 Å². The van der Waals surface area contributed by atoms with E-state index in [4.69, 9.17) is 4.74 Å². The van der Waals surface area contributed by atoms with Crippen molar-refractivity contribution in [2.24, 2.45) is 7.05 Å². The molecule has 1 aromatic heterocycles. The van der Waals surface area contributed by atoms with Crippen molar-refractivity contribution in [2.75, 3.05) is 7.11 Å². The van der Waals surface area contributed by atoms with Crippen LogP contribution in [0.5, 0.6) is 5.75 Å². The van der Waals surface area contributed by atoms with Gasteiger partial charge in [-0.15, -0.1) is 0 Å². The highest BCUT2D eigenvalue weighted by Gasteiger charge is 2.11. The second-order valence-corrected chi connectivity index (χ2v) is 3.93. The van der Waals surface area contributed by atoms with Gasteiger partial charge in [-0.05, 0) is 18.2 Å². The number of nitrogens with zero attached hydrogens (tertiary/aromatic N) is 3. The molecule has 0 N–H and O–H groups in total. The van der Waals surface area contributed by atoms with Crippen LogP contribution in [0.15, 0.2) is 23.9 Å². The van der Waals surface area contributed by atoms with Crippen molar-refractivity contribution >= 4 is 17.0 Å². The summed E-state index contributed by atoms with van der Waals surface area (Å²) in [4.78, 5) is 10.2. The minimum atomic E-state index is -0.430.